The summed E-state index contributed by atoms with van der Waals surface area (Å²) in [6, 6.07) is 17.5. The number of primary amides is 1. The molecule has 4 rings (SSSR count). The third-order valence-electron chi connectivity index (χ3n) is 4.80. The second kappa shape index (κ2) is 7.35. The predicted molar refractivity (Wildman–Crippen MR) is 112 cm³/mol. The first-order chi connectivity index (χ1) is 14.0. The van der Waals surface area contributed by atoms with E-state index in [-0.39, 0.29) is 6.04 Å². The van der Waals surface area contributed by atoms with Gasteiger partial charge in [0.15, 0.2) is 5.82 Å². The minimum Gasteiger partial charge on any atom is -0.364 e. The summed E-state index contributed by atoms with van der Waals surface area (Å²) >= 11 is 0. The van der Waals surface area contributed by atoms with Crippen molar-refractivity contribution in [3.8, 4) is 28.6 Å². The van der Waals surface area contributed by atoms with Gasteiger partial charge < -0.3 is 10.3 Å². The van der Waals surface area contributed by atoms with Gasteiger partial charge in [-0.25, -0.2) is 4.98 Å². The highest BCUT2D eigenvalue weighted by Gasteiger charge is 2.18. The number of hydrogen-bond acceptors (Lipinski definition) is 4. The lowest BCUT2D eigenvalue weighted by molar-refractivity contribution is 0.0994. The second-order valence-electron chi connectivity index (χ2n) is 7.21. The van der Waals surface area contributed by atoms with Gasteiger partial charge in [0.25, 0.3) is 5.91 Å². The fourth-order valence-electron chi connectivity index (χ4n) is 3.30. The summed E-state index contributed by atoms with van der Waals surface area (Å²) in [6.45, 7) is 6.15. The molecule has 0 saturated carbocycles. The van der Waals surface area contributed by atoms with Crippen LogP contribution in [0.2, 0.25) is 0 Å². The number of aromatic nitrogens is 5. The van der Waals surface area contributed by atoms with Crippen LogP contribution >= 0.6 is 0 Å². The molecule has 0 radical (unpaired) electrons. The Bertz CT molecular complexity index is 1170. The molecule has 0 aliphatic carbocycles. The molecule has 0 bridgehead atoms. The van der Waals surface area contributed by atoms with Gasteiger partial charge in [0.2, 0.25) is 0 Å². The average Bonchev–Trinajstić information content (AvgIpc) is 3.36. The molecular formula is C22H22N6O. The summed E-state index contributed by atoms with van der Waals surface area (Å²) in [5.41, 5.74) is 9.67. The lowest BCUT2D eigenvalue weighted by atomic mass is 10.1. The van der Waals surface area contributed by atoms with E-state index in [4.69, 9.17) is 10.7 Å². The van der Waals surface area contributed by atoms with Gasteiger partial charge in [-0.2, -0.15) is 0 Å². The Morgan fingerprint density at radius 2 is 1.79 bits per heavy atom. The fraction of sp³-hybridized carbons (Fsp3) is 0.182. The van der Waals surface area contributed by atoms with Crippen molar-refractivity contribution in [2.75, 3.05) is 0 Å². The van der Waals surface area contributed by atoms with E-state index in [2.05, 4.69) is 24.0 Å². The maximum absolute atomic E-state index is 12.1. The van der Waals surface area contributed by atoms with Crippen molar-refractivity contribution in [2.45, 2.75) is 26.8 Å². The lowest BCUT2D eigenvalue weighted by Crippen LogP contribution is -2.17. The number of carbonyl (C=O) groups is 1. The topological polar surface area (TPSA) is 91.6 Å². The number of nitrogens with two attached hydrogens (primary N) is 1. The molecule has 1 amide bonds. The molecule has 0 unspecified atom stereocenters. The van der Waals surface area contributed by atoms with Crippen molar-refractivity contribution in [1.82, 2.24) is 24.3 Å². The Hall–Kier alpha value is -3.74. The normalized spacial score (nSPS) is 11.2. The van der Waals surface area contributed by atoms with E-state index in [0.717, 1.165) is 16.8 Å². The van der Waals surface area contributed by atoms with Crippen molar-refractivity contribution < 1.29 is 4.79 Å². The molecule has 0 saturated heterocycles. The van der Waals surface area contributed by atoms with Gasteiger partial charge in [-0.1, -0.05) is 35.9 Å². The number of amides is 1. The molecule has 0 atom stereocenters. The third kappa shape index (κ3) is 3.42. The van der Waals surface area contributed by atoms with E-state index in [9.17, 15) is 4.79 Å². The number of rotatable bonds is 5. The van der Waals surface area contributed by atoms with E-state index in [1.807, 2.05) is 60.0 Å². The molecule has 3 heterocycles. The van der Waals surface area contributed by atoms with Crippen molar-refractivity contribution >= 4 is 5.91 Å². The van der Waals surface area contributed by atoms with E-state index >= 15 is 0 Å². The van der Waals surface area contributed by atoms with Crippen LogP contribution in [0.15, 0.2) is 60.9 Å². The largest absolute Gasteiger partial charge is 0.364 e. The molecule has 29 heavy (non-hydrogen) atoms. The minimum absolute atomic E-state index is 0.196. The van der Waals surface area contributed by atoms with Gasteiger partial charge in [0.05, 0.1) is 5.69 Å². The molecule has 0 aliphatic rings. The number of benzene rings is 1. The van der Waals surface area contributed by atoms with Crippen LogP contribution in [0, 0.1) is 6.92 Å². The van der Waals surface area contributed by atoms with Crippen molar-refractivity contribution in [2.24, 2.45) is 5.73 Å². The fourth-order valence-corrected chi connectivity index (χ4v) is 3.30. The third-order valence-corrected chi connectivity index (χ3v) is 4.80. The highest BCUT2D eigenvalue weighted by molar-refractivity contribution is 5.93. The summed E-state index contributed by atoms with van der Waals surface area (Å²) < 4.78 is 3.74. The Morgan fingerprint density at radius 1 is 1.03 bits per heavy atom. The lowest BCUT2D eigenvalue weighted by Gasteiger charge is -2.14. The molecule has 3 aromatic heterocycles. The number of hydrogen-bond donors (Lipinski definition) is 1. The summed E-state index contributed by atoms with van der Waals surface area (Å²) in [5.74, 6) is 0.752. The Labute approximate surface area is 168 Å². The summed E-state index contributed by atoms with van der Waals surface area (Å²) in [7, 11) is 0. The molecule has 0 aliphatic heterocycles. The van der Waals surface area contributed by atoms with Crippen LogP contribution in [-0.4, -0.2) is 30.2 Å². The van der Waals surface area contributed by atoms with E-state index in [1.165, 1.54) is 0 Å². The zero-order valence-electron chi connectivity index (χ0n) is 16.6. The van der Waals surface area contributed by atoms with Crippen LogP contribution in [0.5, 0.6) is 0 Å². The van der Waals surface area contributed by atoms with Gasteiger partial charge in [0, 0.05) is 6.04 Å². The molecule has 7 heteroatoms. The van der Waals surface area contributed by atoms with Crippen molar-refractivity contribution in [3.63, 3.8) is 0 Å². The molecule has 0 fully saturated rings. The maximum Gasteiger partial charge on any atom is 0.265 e. The standard InChI is InChI=1S/C22H22N6O/c1-14(2)27-13-24-26-22(27)17-5-4-6-20(25-17)28-18(11-12-19(28)21(23)29)16-9-7-15(3)8-10-16/h4-14H,1-3H3,(H2,23,29). The monoisotopic (exact) mass is 386 g/mol. The van der Waals surface area contributed by atoms with E-state index < -0.39 is 5.91 Å². The first-order valence-corrected chi connectivity index (χ1v) is 9.41. The Balaban J connectivity index is 1.89. The second-order valence-corrected chi connectivity index (χ2v) is 7.21. The minimum atomic E-state index is -0.513. The quantitative estimate of drug-likeness (QED) is 0.565. The smallest absolute Gasteiger partial charge is 0.265 e. The number of pyridine rings is 1. The Kier molecular flexibility index (Phi) is 4.72. The summed E-state index contributed by atoms with van der Waals surface area (Å²) in [6.07, 6.45) is 1.69. The molecular weight excluding hydrogens is 364 g/mol. The zero-order chi connectivity index (χ0) is 20.5. The van der Waals surface area contributed by atoms with Crippen LogP contribution in [-0.2, 0) is 0 Å². The number of carbonyl (C=O) groups excluding carboxylic acids is 1. The van der Waals surface area contributed by atoms with Crippen molar-refractivity contribution in [3.05, 3.63) is 72.2 Å². The van der Waals surface area contributed by atoms with Crippen LogP contribution in [0.3, 0.4) is 0 Å². The van der Waals surface area contributed by atoms with Gasteiger partial charge in [-0.3, -0.25) is 9.36 Å². The van der Waals surface area contributed by atoms with Gasteiger partial charge >= 0.3 is 0 Å². The first kappa shape index (κ1) is 18.6. The highest BCUT2D eigenvalue weighted by Crippen LogP contribution is 2.27. The van der Waals surface area contributed by atoms with Gasteiger partial charge in [-0.05, 0) is 50.6 Å². The van der Waals surface area contributed by atoms with Crippen LogP contribution < -0.4 is 5.73 Å². The maximum atomic E-state index is 12.1. The molecule has 146 valence electrons. The van der Waals surface area contributed by atoms with Gasteiger partial charge in [0.1, 0.15) is 23.5 Å². The van der Waals surface area contributed by atoms with Gasteiger partial charge in [-0.15, -0.1) is 10.2 Å². The molecule has 2 N–H and O–H groups in total. The molecule has 0 spiro atoms. The van der Waals surface area contributed by atoms with Crippen molar-refractivity contribution in [1.29, 1.82) is 0 Å². The number of aryl methyl sites for hydroxylation is 1. The molecule has 1 aromatic carbocycles. The van der Waals surface area contributed by atoms with E-state index in [1.54, 1.807) is 17.0 Å². The summed E-state index contributed by atoms with van der Waals surface area (Å²) in [5, 5.41) is 8.25. The molecule has 4 aromatic rings. The van der Waals surface area contributed by atoms with E-state index in [0.29, 0.717) is 23.0 Å². The zero-order valence-corrected chi connectivity index (χ0v) is 16.6. The molecule has 7 nitrogen and oxygen atoms in total. The van der Waals surface area contributed by atoms with Crippen LogP contribution in [0.4, 0.5) is 0 Å². The average molecular weight is 386 g/mol. The highest BCUT2D eigenvalue weighted by atomic mass is 16.1. The number of nitrogens with zero attached hydrogens (tertiary/aromatic N) is 5. The van der Waals surface area contributed by atoms with Crippen LogP contribution in [0.25, 0.3) is 28.6 Å². The summed E-state index contributed by atoms with van der Waals surface area (Å²) in [4.78, 5) is 16.9. The van der Waals surface area contributed by atoms with Crippen LogP contribution in [0.1, 0.15) is 35.9 Å². The Morgan fingerprint density at radius 3 is 2.48 bits per heavy atom. The first-order valence-electron chi connectivity index (χ1n) is 9.41. The predicted octanol–water partition coefficient (Wildman–Crippen LogP) is 3.79. The SMILES string of the molecule is Cc1ccc(-c2ccc(C(N)=O)n2-c2cccc(-c3nncn3C(C)C)n2)cc1.